The number of fused-ring (bicyclic) bond motifs is 1. The Morgan fingerprint density at radius 3 is 2.89 bits per heavy atom. The van der Waals surface area contributed by atoms with E-state index in [2.05, 4.69) is 0 Å². The Kier molecular flexibility index (Phi) is 4.03. The molecule has 1 aromatic heterocycles. The van der Waals surface area contributed by atoms with Crippen molar-refractivity contribution in [3.05, 3.63) is 39.1 Å². The van der Waals surface area contributed by atoms with Gasteiger partial charge in [-0.25, -0.2) is 0 Å². The number of carboxylic acids is 1. The molecule has 0 aromatic carbocycles. The zero-order valence-electron chi connectivity index (χ0n) is 9.45. The van der Waals surface area contributed by atoms with Crippen molar-refractivity contribution in [1.29, 1.82) is 0 Å². The summed E-state index contributed by atoms with van der Waals surface area (Å²) in [5.74, 6) is -1.55. The van der Waals surface area contributed by atoms with Crippen LogP contribution in [-0.4, -0.2) is 22.2 Å². The molecule has 0 saturated carbocycles. The molecule has 2 aliphatic rings. The fourth-order valence-corrected chi connectivity index (χ4v) is 3.57. The third-order valence-corrected chi connectivity index (χ3v) is 4.49. The van der Waals surface area contributed by atoms with E-state index in [-0.39, 0.29) is 46.5 Å². The number of amides is 1. The van der Waals surface area contributed by atoms with Crippen molar-refractivity contribution in [2.75, 3.05) is 0 Å². The first-order valence-electron chi connectivity index (χ1n) is 4.84. The van der Waals surface area contributed by atoms with Gasteiger partial charge in [-0.05, 0) is 22.9 Å². The van der Waals surface area contributed by atoms with E-state index in [1.807, 2.05) is 23.6 Å². The third kappa shape index (κ3) is 2.08. The average molecular weight is 287 g/mol. The van der Waals surface area contributed by atoms with Gasteiger partial charge in [0.15, 0.2) is 0 Å². The molecule has 3 rings (SSSR count). The van der Waals surface area contributed by atoms with E-state index >= 15 is 0 Å². The molecule has 0 spiro atoms. The number of carboxylic acid groups (broad SMARTS) is 1. The SMILES string of the molecule is O=C([O-])C1=CS[C@@H]2/C(=C\c3cccs3)C(=O)N12.[Na+]. The summed E-state index contributed by atoms with van der Waals surface area (Å²) in [7, 11) is 0. The second-order valence-electron chi connectivity index (χ2n) is 3.57. The number of β-lactam (4-membered cyclic amide) rings is 1. The number of rotatable bonds is 2. The van der Waals surface area contributed by atoms with Crippen molar-refractivity contribution >= 4 is 41.1 Å². The van der Waals surface area contributed by atoms with Crippen molar-refractivity contribution in [2.45, 2.75) is 5.37 Å². The monoisotopic (exact) mass is 287 g/mol. The van der Waals surface area contributed by atoms with Gasteiger partial charge in [0.25, 0.3) is 5.91 Å². The fourth-order valence-electron chi connectivity index (χ4n) is 1.79. The maximum absolute atomic E-state index is 11.8. The minimum absolute atomic E-state index is 0. The quantitative estimate of drug-likeness (QED) is 0.347. The van der Waals surface area contributed by atoms with Crippen LogP contribution in [0, 0.1) is 0 Å². The van der Waals surface area contributed by atoms with Crippen LogP contribution >= 0.6 is 23.1 Å². The van der Waals surface area contributed by atoms with Gasteiger partial charge in [-0.1, -0.05) is 6.07 Å². The molecule has 4 nitrogen and oxygen atoms in total. The van der Waals surface area contributed by atoms with Crippen molar-refractivity contribution in [2.24, 2.45) is 0 Å². The van der Waals surface area contributed by atoms with Crippen molar-refractivity contribution < 1.29 is 44.3 Å². The number of hydrogen-bond donors (Lipinski definition) is 0. The molecule has 0 bridgehead atoms. The summed E-state index contributed by atoms with van der Waals surface area (Å²) in [6.45, 7) is 0. The van der Waals surface area contributed by atoms with Crippen molar-refractivity contribution in [3.8, 4) is 0 Å². The molecule has 0 radical (unpaired) electrons. The second kappa shape index (κ2) is 5.22. The third-order valence-electron chi connectivity index (χ3n) is 2.58. The molecule has 86 valence electrons. The number of aliphatic carboxylic acids is 1. The van der Waals surface area contributed by atoms with E-state index < -0.39 is 5.97 Å². The van der Waals surface area contributed by atoms with Gasteiger partial charge in [0, 0.05) is 4.88 Å². The largest absolute Gasteiger partial charge is 1.00 e. The van der Waals surface area contributed by atoms with Crippen LogP contribution in [0.25, 0.3) is 6.08 Å². The fraction of sp³-hybridized carbons (Fsp3) is 0.0909. The Morgan fingerprint density at radius 2 is 2.28 bits per heavy atom. The first kappa shape index (κ1) is 13.9. The first-order valence-corrected chi connectivity index (χ1v) is 6.66. The van der Waals surface area contributed by atoms with Crippen LogP contribution in [0.1, 0.15) is 4.88 Å². The minimum Gasteiger partial charge on any atom is -0.543 e. The summed E-state index contributed by atoms with van der Waals surface area (Å²) in [6, 6.07) is 3.82. The Morgan fingerprint density at radius 1 is 1.50 bits per heavy atom. The molecular formula is C11H6NNaO3S2. The molecular weight excluding hydrogens is 281 g/mol. The van der Waals surface area contributed by atoms with Crippen LogP contribution in [0.15, 0.2) is 34.2 Å². The maximum Gasteiger partial charge on any atom is 1.00 e. The van der Waals surface area contributed by atoms with Crippen LogP contribution in [0.5, 0.6) is 0 Å². The molecule has 18 heavy (non-hydrogen) atoms. The number of nitrogens with zero attached hydrogens (tertiary/aromatic N) is 1. The number of hydrogen-bond acceptors (Lipinski definition) is 5. The first-order chi connectivity index (χ1) is 8.18. The van der Waals surface area contributed by atoms with Gasteiger partial charge in [0.05, 0.1) is 17.2 Å². The maximum atomic E-state index is 11.8. The minimum atomic E-state index is -1.30. The van der Waals surface area contributed by atoms with Gasteiger partial charge in [-0.3, -0.25) is 9.69 Å². The van der Waals surface area contributed by atoms with E-state index in [0.29, 0.717) is 5.57 Å². The molecule has 0 unspecified atom stereocenters. The van der Waals surface area contributed by atoms with Gasteiger partial charge in [-0.15, -0.1) is 23.1 Å². The summed E-state index contributed by atoms with van der Waals surface area (Å²) >= 11 is 2.86. The number of carbonyl (C=O) groups is 2. The second-order valence-corrected chi connectivity index (χ2v) is 5.50. The molecule has 2 aliphatic heterocycles. The molecule has 1 amide bonds. The van der Waals surface area contributed by atoms with Gasteiger partial charge in [0.1, 0.15) is 5.37 Å². The average Bonchev–Trinajstić information content (AvgIpc) is 2.93. The Hall–Kier alpha value is -0.530. The molecule has 1 fully saturated rings. The van der Waals surface area contributed by atoms with Gasteiger partial charge in [0.2, 0.25) is 0 Å². The van der Waals surface area contributed by atoms with Crippen molar-refractivity contribution in [1.82, 2.24) is 4.90 Å². The van der Waals surface area contributed by atoms with Gasteiger partial charge in [-0.2, -0.15) is 0 Å². The van der Waals surface area contributed by atoms with Crippen LogP contribution < -0.4 is 34.7 Å². The number of carbonyl (C=O) groups excluding carboxylic acids is 2. The zero-order valence-corrected chi connectivity index (χ0v) is 13.1. The zero-order chi connectivity index (χ0) is 12.0. The van der Waals surface area contributed by atoms with Crippen LogP contribution in [-0.2, 0) is 9.59 Å². The Labute approximate surface area is 134 Å². The van der Waals surface area contributed by atoms with Gasteiger partial charge < -0.3 is 9.90 Å². The predicted molar refractivity (Wildman–Crippen MR) is 63.6 cm³/mol. The predicted octanol–water partition coefficient (Wildman–Crippen LogP) is -2.36. The van der Waals surface area contributed by atoms with E-state index in [1.165, 1.54) is 22.1 Å². The summed E-state index contributed by atoms with van der Waals surface area (Å²) in [5, 5.41) is 14.0. The Bertz CT molecular complexity index is 565. The molecule has 0 N–H and O–H groups in total. The molecule has 1 aromatic rings. The molecule has 7 heteroatoms. The number of thiophene rings is 1. The summed E-state index contributed by atoms with van der Waals surface area (Å²) in [6.07, 6.45) is 1.81. The summed E-state index contributed by atoms with van der Waals surface area (Å²) in [4.78, 5) is 24.8. The van der Waals surface area contributed by atoms with Crippen LogP contribution in [0.3, 0.4) is 0 Å². The smallest absolute Gasteiger partial charge is 0.543 e. The number of thioether (sulfide) groups is 1. The summed E-state index contributed by atoms with van der Waals surface area (Å²) in [5.41, 5.74) is 0.610. The van der Waals surface area contributed by atoms with E-state index in [4.69, 9.17) is 0 Å². The van der Waals surface area contributed by atoms with E-state index in [1.54, 1.807) is 11.3 Å². The van der Waals surface area contributed by atoms with E-state index in [0.717, 1.165) is 4.88 Å². The van der Waals surface area contributed by atoms with Crippen LogP contribution in [0.2, 0.25) is 0 Å². The Balaban J connectivity index is 0.00000120. The topological polar surface area (TPSA) is 60.4 Å². The summed E-state index contributed by atoms with van der Waals surface area (Å²) < 4.78 is 0. The molecule has 3 heterocycles. The standard InChI is InChI=1S/C11H7NO3S2.Na/c13-9-7(4-6-2-1-3-16-6)10-12(9)8(5-17-10)11(14)15;/h1-5,10H,(H,14,15);/q;+1/p-1/b7-4-;/t10-;/m1./s1. The molecule has 0 aliphatic carbocycles. The van der Waals surface area contributed by atoms with Gasteiger partial charge >= 0.3 is 29.6 Å². The van der Waals surface area contributed by atoms with Crippen LogP contribution in [0.4, 0.5) is 0 Å². The normalized spacial score (nSPS) is 23.2. The van der Waals surface area contributed by atoms with E-state index in [9.17, 15) is 14.7 Å². The van der Waals surface area contributed by atoms with Crippen molar-refractivity contribution in [3.63, 3.8) is 0 Å². The molecule has 1 atom stereocenters. The molecule has 1 saturated heterocycles.